The van der Waals surface area contributed by atoms with Crippen LogP contribution < -0.4 is 20.5 Å². The normalized spacial score (nSPS) is 13.0. The van der Waals surface area contributed by atoms with Crippen LogP contribution in [0.2, 0.25) is 0 Å². The number of fused-ring (bicyclic) bond motifs is 2. The Morgan fingerprint density at radius 3 is 2.71 bits per heavy atom. The lowest BCUT2D eigenvalue weighted by atomic mass is 10.0. The van der Waals surface area contributed by atoms with Gasteiger partial charge in [-0.3, -0.25) is 9.36 Å². The van der Waals surface area contributed by atoms with Gasteiger partial charge >= 0.3 is 5.76 Å². The van der Waals surface area contributed by atoms with Crippen LogP contribution in [-0.4, -0.2) is 37.0 Å². The molecule has 1 atom stereocenters. The highest BCUT2D eigenvalue weighted by molar-refractivity contribution is 7.89. The third-order valence-corrected chi connectivity index (χ3v) is 7.62. The predicted molar refractivity (Wildman–Crippen MR) is 130 cm³/mol. The summed E-state index contributed by atoms with van der Waals surface area (Å²) in [6.45, 7) is 3.78. The average Bonchev–Trinajstić information content (AvgIpc) is 3.31. The Morgan fingerprint density at radius 1 is 1.24 bits per heavy atom. The van der Waals surface area contributed by atoms with Crippen LogP contribution in [0.4, 0.5) is 5.13 Å². The van der Waals surface area contributed by atoms with E-state index in [2.05, 4.69) is 15.0 Å². The molecule has 0 aliphatic heterocycles. The number of benzene rings is 2. The first kappa shape index (κ1) is 23.9. The van der Waals surface area contributed by atoms with Crippen LogP contribution in [0.1, 0.15) is 20.3 Å². The van der Waals surface area contributed by atoms with E-state index in [-0.39, 0.29) is 22.8 Å². The quantitative estimate of drug-likeness (QED) is 0.377. The van der Waals surface area contributed by atoms with Gasteiger partial charge in [-0.15, -0.1) is 0 Å². The highest BCUT2D eigenvalue weighted by atomic mass is 32.2. The lowest BCUT2D eigenvalue weighted by Crippen LogP contribution is -2.44. The second kappa shape index (κ2) is 9.20. The van der Waals surface area contributed by atoms with Crippen molar-refractivity contribution in [2.24, 2.45) is 13.0 Å². The smallest absolute Gasteiger partial charge is 0.419 e. The first-order chi connectivity index (χ1) is 16.1. The Labute approximate surface area is 199 Å². The molecule has 2 heterocycles. The zero-order chi connectivity index (χ0) is 24.6. The number of aromatic nitrogens is 2. The Bertz CT molecular complexity index is 1530. The van der Waals surface area contributed by atoms with Gasteiger partial charge in [-0.25, -0.2) is 18.2 Å². The van der Waals surface area contributed by atoms with Crippen LogP contribution in [0.5, 0.6) is 5.75 Å². The molecule has 0 aliphatic rings. The number of methoxy groups -OCH3 is 1. The third kappa shape index (κ3) is 4.83. The van der Waals surface area contributed by atoms with Gasteiger partial charge in [0, 0.05) is 13.1 Å². The van der Waals surface area contributed by atoms with Gasteiger partial charge in [-0.1, -0.05) is 25.2 Å². The summed E-state index contributed by atoms with van der Waals surface area (Å²) in [4.78, 5) is 29.1. The molecule has 0 radical (unpaired) electrons. The molecule has 10 nitrogen and oxygen atoms in total. The number of amides is 1. The standard InChI is InChI=1S/C22H24N4O6S2/c1-12(2)9-16(20(27)24-21-23-15-7-5-13(31-4)10-19(15)33-21)25-34(29,30)14-6-8-17-18(11-14)32-22(28)26(17)3/h5-8,10-12,16,25H,9H2,1-4H3,(H,23,24,27)/t16-/m0/s1. The molecule has 0 saturated carbocycles. The van der Waals surface area contributed by atoms with Crippen LogP contribution >= 0.6 is 11.3 Å². The van der Waals surface area contributed by atoms with Gasteiger partial charge in [0.2, 0.25) is 15.9 Å². The molecule has 2 aromatic carbocycles. The van der Waals surface area contributed by atoms with E-state index in [1.807, 2.05) is 19.9 Å². The topological polar surface area (TPSA) is 133 Å². The van der Waals surface area contributed by atoms with Crippen molar-refractivity contribution in [3.63, 3.8) is 0 Å². The Kier molecular flexibility index (Phi) is 6.47. The van der Waals surface area contributed by atoms with Crippen molar-refractivity contribution in [2.75, 3.05) is 12.4 Å². The summed E-state index contributed by atoms with van der Waals surface area (Å²) in [7, 11) is -0.991. The second-order valence-electron chi connectivity index (χ2n) is 8.20. The number of ether oxygens (including phenoxy) is 1. The Hall–Kier alpha value is -3.22. The minimum atomic E-state index is -4.09. The Balaban J connectivity index is 1.58. The average molecular weight is 505 g/mol. The van der Waals surface area contributed by atoms with Gasteiger partial charge in [0.25, 0.3) is 0 Å². The van der Waals surface area contributed by atoms with E-state index in [0.29, 0.717) is 21.9 Å². The summed E-state index contributed by atoms with van der Waals surface area (Å²) < 4.78 is 41.1. The van der Waals surface area contributed by atoms with Gasteiger partial charge in [-0.05, 0) is 42.7 Å². The molecule has 0 saturated heterocycles. The first-order valence-electron chi connectivity index (χ1n) is 10.4. The van der Waals surface area contributed by atoms with E-state index in [9.17, 15) is 18.0 Å². The van der Waals surface area contributed by atoms with E-state index in [0.717, 1.165) is 4.70 Å². The van der Waals surface area contributed by atoms with Crippen LogP contribution in [0.3, 0.4) is 0 Å². The number of carbonyl (C=O) groups excluding carboxylic acids is 1. The number of sulfonamides is 1. The van der Waals surface area contributed by atoms with Crippen molar-refractivity contribution in [1.82, 2.24) is 14.3 Å². The van der Waals surface area contributed by atoms with Gasteiger partial charge in [0.15, 0.2) is 10.7 Å². The summed E-state index contributed by atoms with van der Waals surface area (Å²) in [5.41, 5.74) is 1.30. The number of nitrogens with zero attached hydrogens (tertiary/aromatic N) is 2. The van der Waals surface area contributed by atoms with E-state index < -0.39 is 27.7 Å². The summed E-state index contributed by atoms with van der Waals surface area (Å²) in [5.74, 6) is -0.406. The number of hydrogen-bond acceptors (Lipinski definition) is 8. The van der Waals surface area contributed by atoms with Crippen molar-refractivity contribution >= 4 is 53.7 Å². The van der Waals surface area contributed by atoms with Crippen molar-refractivity contribution in [1.29, 1.82) is 0 Å². The van der Waals surface area contributed by atoms with E-state index in [1.165, 1.54) is 41.2 Å². The maximum atomic E-state index is 13.1. The molecule has 180 valence electrons. The fraction of sp³-hybridized carbons (Fsp3) is 0.318. The number of hydrogen-bond donors (Lipinski definition) is 2. The largest absolute Gasteiger partial charge is 0.497 e. The molecule has 4 rings (SSSR count). The molecule has 0 unspecified atom stereocenters. The minimum absolute atomic E-state index is 0.0349. The summed E-state index contributed by atoms with van der Waals surface area (Å²) >= 11 is 1.27. The number of thiazole rings is 1. The van der Waals surface area contributed by atoms with E-state index in [4.69, 9.17) is 9.15 Å². The van der Waals surface area contributed by atoms with Gasteiger partial charge in [-0.2, -0.15) is 4.72 Å². The minimum Gasteiger partial charge on any atom is -0.497 e. The lowest BCUT2D eigenvalue weighted by molar-refractivity contribution is -0.118. The summed E-state index contributed by atoms with van der Waals surface area (Å²) in [6, 6.07) is 8.46. The summed E-state index contributed by atoms with van der Waals surface area (Å²) in [6.07, 6.45) is 0.270. The maximum absolute atomic E-state index is 13.1. The molecule has 0 aliphatic carbocycles. The molecule has 2 aromatic heterocycles. The number of rotatable bonds is 8. The molecule has 12 heteroatoms. The molecule has 1 amide bonds. The third-order valence-electron chi connectivity index (χ3n) is 5.22. The maximum Gasteiger partial charge on any atom is 0.419 e. The SMILES string of the molecule is COc1ccc2nc(NC(=O)[C@H](CC(C)C)NS(=O)(=O)c3ccc4c(c3)oc(=O)n4C)sc2c1. The number of nitrogens with one attached hydrogen (secondary N) is 2. The number of carbonyl (C=O) groups is 1. The highest BCUT2D eigenvalue weighted by Gasteiger charge is 2.28. The zero-order valence-corrected chi connectivity index (χ0v) is 20.6. The van der Waals surface area contributed by atoms with Gasteiger partial charge in [0.05, 0.1) is 27.7 Å². The second-order valence-corrected chi connectivity index (χ2v) is 10.9. The van der Waals surface area contributed by atoms with Crippen molar-refractivity contribution < 1.29 is 22.4 Å². The number of aryl methyl sites for hydroxylation is 1. The van der Waals surface area contributed by atoms with Crippen molar-refractivity contribution in [3.05, 3.63) is 46.9 Å². The molecule has 2 N–H and O–H groups in total. The van der Waals surface area contributed by atoms with Gasteiger partial charge in [0.1, 0.15) is 11.8 Å². The highest BCUT2D eigenvalue weighted by Crippen LogP contribution is 2.29. The van der Waals surface area contributed by atoms with Gasteiger partial charge < -0.3 is 14.5 Å². The molecule has 0 spiro atoms. The molecule has 34 heavy (non-hydrogen) atoms. The fourth-order valence-electron chi connectivity index (χ4n) is 3.49. The van der Waals surface area contributed by atoms with Crippen LogP contribution in [0, 0.1) is 5.92 Å². The van der Waals surface area contributed by atoms with Crippen molar-refractivity contribution in [2.45, 2.75) is 31.2 Å². The van der Waals surface area contributed by atoms with E-state index in [1.54, 1.807) is 19.2 Å². The summed E-state index contributed by atoms with van der Waals surface area (Å²) in [5, 5.41) is 3.08. The van der Waals surface area contributed by atoms with Crippen LogP contribution in [0.25, 0.3) is 21.3 Å². The molecular formula is C22H24N4O6S2. The molecule has 0 bridgehead atoms. The first-order valence-corrected chi connectivity index (χ1v) is 12.7. The Morgan fingerprint density at radius 2 is 2.00 bits per heavy atom. The lowest BCUT2D eigenvalue weighted by Gasteiger charge is -2.19. The predicted octanol–water partition coefficient (Wildman–Crippen LogP) is 3.08. The van der Waals surface area contributed by atoms with Crippen LogP contribution in [0.15, 0.2) is 50.5 Å². The molecular weight excluding hydrogens is 480 g/mol. The number of oxazole rings is 1. The molecule has 4 aromatic rings. The van der Waals surface area contributed by atoms with Crippen LogP contribution in [-0.2, 0) is 21.9 Å². The monoisotopic (exact) mass is 504 g/mol. The van der Waals surface area contributed by atoms with Crippen molar-refractivity contribution in [3.8, 4) is 5.75 Å². The zero-order valence-electron chi connectivity index (χ0n) is 19.0. The fourth-order valence-corrected chi connectivity index (χ4v) is 5.62. The molecule has 0 fully saturated rings. The number of anilines is 1. The van der Waals surface area contributed by atoms with E-state index >= 15 is 0 Å².